The van der Waals surface area contributed by atoms with Gasteiger partial charge >= 0.3 is 18.1 Å². The maximum Gasteiger partial charge on any atom is 0.508 e. The molecule has 1 atom stereocenters. The first-order valence-corrected chi connectivity index (χ1v) is 9.18. The van der Waals surface area contributed by atoms with Gasteiger partial charge < -0.3 is 24.4 Å². The van der Waals surface area contributed by atoms with Gasteiger partial charge in [0.25, 0.3) is 0 Å². The number of carboxylic acid groups (broad SMARTS) is 2. The van der Waals surface area contributed by atoms with Crippen LogP contribution in [0, 0.1) is 0 Å². The Hall–Kier alpha value is -1.83. The third-order valence-electron chi connectivity index (χ3n) is 3.05. The maximum absolute atomic E-state index is 10.0. The Labute approximate surface area is 155 Å². The summed E-state index contributed by atoms with van der Waals surface area (Å²) in [5.74, 6) is -1.74. The lowest BCUT2D eigenvalue weighted by Gasteiger charge is -1.99. The van der Waals surface area contributed by atoms with Gasteiger partial charge in [-0.25, -0.2) is 4.79 Å². The van der Waals surface area contributed by atoms with Crippen molar-refractivity contribution in [2.75, 3.05) is 19.8 Å². The molecule has 2 N–H and O–H groups in total. The van der Waals surface area contributed by atoms with Crippen LogP contribution >= 0.6 is 0 Å². The van der Waals surface area contributed by atoms with Crippen LogP contribution in [0.25, 0.3) is 0 Å². The summed E-state index contributed by atoms with van der Waals surface area (Å²) in [6, 6.07) is 0. The topological polar surface area (TPSA) is 119 Å². The zero-order valence-corrected chi connectivity index (χ0v) is 16.2. The van der Waals surface area contributed by atoms with E-state index in [-0.39, 0.29) is 18.9 Å². The van der Waals surface area contributed by atoms with Crippen molar-refractivity contribution in [3.05, 3.63) is 0 Å². The lowest BCUT2D eigenvalue weighted by atomic mass is 10.2. The Bertz CT molecular complexity index is 348. The number of aliphatic carboxylic acids is 2. The summed E-state index contributed by atoms with van der Waals surface area (Å²) in [5.41, 5.74) is 0. The van der Waals surface area contributed by atoms with Gasteiger partial charge in [-0.3, -0.25) is 9.59 Å². The average molecular weight is 378 g/mol. The predicted octanol–water partition coefficient (Wildman–Crippen LogP) is 3.86. The molecular weight excluding hydrogens is 344 g/mol. The highest BCUT2D eigenvalue weighted by Gasteiger charge is 2.19. The molecule has 0 aromatic carbocycles. The first-order chi connectivity index (χ1) is 12.3. The Kier molecular flexibility index (Phi) is 19.8. The third kappa shape index (κ3) is 24.4. The highest BCUT2D eigenvalue weighted by atomic mass is 16.8. The summed E-state index contributed by atoms with van der Waals surface area (Å²) in [6.07, 6.45) is 5.33. The van der Waals surface area contributed by atoms with E-state index in [4.69, 9.17) is 14.9 Å². The van der Waals surface area contributed by atoms with Crippen LogP contribution in [0.4, 0.5) is 4.79 Å². The van der Waals surface area contributed by atoms with Gasteiger partial charge in [-0.2, -0.15) is 0 Å². The Morgan fingerprint density at radius 3 is 1.69 bits per heavy atom. The van der Waals surface area contributed by atoms with E-state index in [1.807, 2.05) is 0 Å². The molecule has 1 rings (SSSR count). The number of hydrogen-bond acceptors (Lipinski definition) is 6. The van der Waals surface area contributed by atoms with Crippen LogP contribution in [0.15, 0.2) is 0 Å². The zero-order chi connectivity index (χ0) is 20.2. The van der Waals surface area contributed by atoms with Crippen LogP contribution in [0.5, 0.6) is 0 Å². The summed E-state index contributed by atoms with van der Waals surface area (Å²) in [5, 5.41) is 16.3. The fourth-order valence-corrected chi connectivity index (χ4v) is 1.57. The third-order valence-corrected chi connectivity index (χ3v) is 3.05. The van der Waals surface area contributed by atoms with Gasteiger partial charge in [0.15, 0.2) is 0 Å². The van der Waals surface area contributed by atoms with Crippen LogP contribution in [-0.2, 0) is 23.8 Å². The minimum Gasteiger partial charge on any atom is -0.481 e. The normalized spacial score (nSPS) is 14.9. The van der Waals surface area contributed by atoms with E-state index in [0.717, 1.165) is 13.2 Å². The molecule has 8 nitrogen and oxygen atoms in total. The molecule has 1 heterocycles. The van der Waals surface area contributed by atoms with Gasteiger partial charge in [0.2, 0.25) is 0 Å². The van der Waals surface area contributed by atoms with Crippen molar-refractivity contribution < 1.29 is 38.8 Å². The van der Waals surface area contributed by atoms with Gasteiger partial charge in [0, 0.05) is 26.1 Å². The summed E-state index contributed by atoms with van der Waals surface area (Å²) < 4.78 is 14.2. The van der Waals surface area contributed by atoms with E-state index < -0.39 is 18.1 Å². The Morgan fingerprint density at radius 1 is 1.00 bits per heavy atom. The van der Waals surface area contributed by atoms with E-state index in [0.29, 0.717) is 19.4 Å². The number of rotatable bonds is 11. The molecule has 0 amide bonds. The van der Waals surface area contributed by atoms with E-state index in [9.17, 15) is 14.4 Å². The number of carbonyl (C=O) groups excluding carboxylic acids is 1. The Morgan fingerprint density at radius 2 is 1.46 bits per heavy atom. The molecule has 1 saturated heterocycles. The van der Waals surface area contributed by atoms with Crippen molar-refractivity contribution >= 4 is 18.1 Å². The molecule has 1 aliphatic heterocycles. The summed E-state index contributed by atoms with van der Waals surface area (Å²) in [6.45, 7) is 8.46. The molecule has 1 aliphatic rings. The van der Waals surface area contributed by atoms with Gasteiger partial charge in [-0.05, 0) is 32.6 Å². The molecule has 8 heteroatoms. The lowest BCUT2D eigenvalue weighted by molar-refractivity contribution is -0.139. The number of carboxylic acids is 2. The van der Waals surface area contributed by atoms with Gasteiger partial charge in [-0.15, -0.1) is 0 Å². The smallest absolute Gasteiger partial charge is 0.481 e. The second-order valence-electron chi connectivity index (χ2n) is 5.80. The van der Waals surface area contributed by atoms with Gasteiger partial charge in [-0.1, -0.05) is 26.7 Å². The SMILES string of the molecule is CC1COC(=O)O1.CCCCOCCCC.O=C(O)CCCCC(=O)O. The largest absolute Gasteiger partial charge is 0.508 e. The minimum absolute atomic E-state index is 0.0486. The molecule has 0 bridgehead atoms. The number of cyclic esters (lactones) is 2. The van der Waals surface area contributed by atoms with E-state index >= 15 is 0 Å². The molecule has 1 unspecified atom stereocenters. The average Bonchev–Trinajstić information content (AvgIpc) is 2.95. The first-order valence-electron chi connectivity index (χ1n) is 9.18. The number of ether oxygens (including phenoxy) is 3. The molecule has 0 aliphatic carbocycles. The fourth-order valence-electron chi connectivity index (χ4n) is 1.57. The number of carbonyl (C=O) groups is 3. The van der Waals surface area contributed by atoms with Crippen molar-refractivity contribution in [3.63, 3.8) is 0 Å². The molecule has 0 aromatic rings. The predicted molar refractivity (Wildman–Crippen MR) is 96.3 cm³/mol. The molecule has 26 heavy (non-hydrogen) atoms. The number of hydrogen-bond donors (Lipinski definition) is 2. The van der Waals surface area contributed by atoms with Crippen LogP contribution in [0.2, 0.25) is 0 Å². The van der Waals surface area contributed by atoms with Gasteiger partial charge in [0.1, 0.15) is 12.7 Å². The van der Waals surface area contributed by atoms with Crippen molar-refractivity contribution in [1.82, 2.24) is 0 Å². The minimum atomic E-state index is -0.870. The molecular formula is C18H34O8. The first kappa shape index (κ1) is 26.4. The maximum atomic E-state index is 10.0. The second kappa shape index (κ2) is 19.5. The zero-order valence-electron chi connectivity index (χ0n) is 16.2. The van der Waals surface area contributed by atoms with Crippen molar-refractivity contribution in [3.8, 4) is 0 Å². The summed E-state index contributed by atoms with van der Waals surface area (Å²) in [4.78, 5) is 29.8. The summed E-state index contributed by atoms with van der Waals surface area (Å²) >= 11 is 0. The van der Waals surface area contributed by atoms with Crippen molar-refractivity contribution in [2.45, 2.75) is 78.2 Å². The highest BCUT2D eigenvalue weighted by Crippen LogP contribution is 2.03. The quantitative estimate of drug-likeness (QED) is 0.411. The monoisotopic (exact) mass is 378 g/mol. The molecule has 154 valence electrons. The molecule has 1 fully saturated rings. The van der Waals surface area contributed by atoms with Crippen LogP contribution in [0.3, 0.4) is 0 Å². The van der Waals surface area contributed by atoms with E-state index in [1.54, 1.807) is 6.92 Å². The standard InChI is InChI=1S/C8H18O.C6H10O4.C4H6O3/c1-3-5-7-9-8-6-4-2;7-5(8)3-1-2-4-6(9)10;1-3-2-6-4(5)7-3/h3-8H2,1-2H3;1-4H2,(H,7,8)(H,9,10);3H,2H2,1H3. The number of unbranched alkanes of at least 4 members (excludes halogenated alkanes) is 3. The lowest BCUT2D eigenvalue weighted by Crippen LogP contribution is -2.01. The van der Waals surface area contributed by atoms with Crippen molar-refractivity contribution in [2.24, 2.45) is 0 Å². The second-order valence-corrected chi connectivity index (χ2v) is 5.80. The summed E-state index contributed by atoms with van der Waals surface area (Å²) in [7, 11) is 0. The van der Waals surface area contributed by atoms with Gasteiger partial charge in [0.05, 0.1) is 0 Å². The van der Waals surface area contributed by atoms with Crippen molar-refractivity contribution in [1.29, 1.82) is 0 Å². The molecule has 0 aromatic heterocycles. The van der Waals surface area contributed by atoms with Crippen LogP contribution < -0.4 is 0 Å². The highest BCUT2D eigenvalue weighted by molar-refractivity contribution is 5.67. The molecule has 0 radical (unpaired) electrons. The molecule has 0 saturated carbocycles. The molecule has 0 spiro atoms. The van der Waals surface area contributed by atoms with E-state index in [1.165, 1.54) is 25.7 Å². The Balaban J connectivity index is 0. The van der Waals surface area contributed by atoms with Crippen LogP contribution in [0.1, 0.15) is 72.1 Å². The van der Waals surface area contributed by atoms with Crippen LogP contribution in [-0.4, -0.2) is 54.2 Å². The fraction of sp³-hybridized carbons (Fsp3) is 0.833. The van der Waals surface area contributed by atoms with E-state index in [2.05, 4.69) is 23.3 Å².